The minimum Gasteiger partial charge on any atom is -0.444 e. The second kappa shape index (κ2) is 8.49. The van der Waals surface area contributed by atoms with Crippen LogP contribution in [0.4, 0.5) is 20.8 Å². The molecule has 0 spiro atoms. The Morgan fingerprint density at radius 3 is 2.26 bits per heavy atom. The third-order valence-corrected chi connectivity index (χ3v) is 7.45. The van der Waals surface area contributed by atoms with Crippen molar-refractivity contribution in [1.29, 1.82) is 0 Å². The Kier molecular flexibility index (Phi) is 6.22. The Morgan fingerprint density at radius 2 is 1.74 bits per heavy atom. The smallest absolute Gasteiger partial charge is 0.410 e. The summed E-state index contributed by atoms with van der Waals surface area (Å²) in [6, 6.07) is -0.336. The van der Waals surface area contributed by atoms with Crippen LogP contribution in [0.2, 0.25) is 10.4 Å². The van der Waals surface area contributed by atoms with Crippen molar-refractivity contribution < 1.29 is 22.3 Å². The van der Waals surface area contributed by atoms with Crippen molar-refractivity contribution in [3.8, 4) is 0 Å². The number of aromatic nitrogens is 3. The van der Waals surface area contributed by atoms with Crippen LogP contribution in [-0.4, -0.2) is 78.4 Å². The van der Waals surface area contributed by atoms with Gasteiger partial charge in [-0.2, -0.15) is 4.98 Å². The summed E-state index contributed by atoms with van der Waals surface area (Å²) in [5.41, 5.74) is -0.861. The molecule has 2 bridgehead atoms. The van der Waals surface area contributed by atoms with Gasteiger partial charge < -0.3 is 9.64 Å². The lowest BCUT2D eigenvalue weighted by Crippen LogP contribution is -2.57. The largest absolute Gasteiger partial charge is 0.444 e. The molecule has 0 aliphatic carbocycles. The number of piperazine rings is 1. The van der Waals surface area contributed by atoms with Crippen molar-refractivity contribution in [3.63, 3.8) is 0 Å². The van der Waals surface area contributed by atoms with E-state index in [1.165, 1.54) is 7.05 Å². The fourth-order valence-electron chi connectivity index (χ4n) is 4.39. The van der Waals surface area contributed by atoms with E-state index in [4.69, 9.17) is 27.9 Å². The molecule has 2 unspecified atom stereocenters. The lowest BCUT2D eigenvalue weighted by molar-refractivity contribution is 0.0123. The molecule has 2 atom stereocenters. The Hall–Kier alpha value is -2.18. The van der Waals surface area contributed by atoms with Crippen molar-refractivity contribution >= 4 is 61.9 Å². The van der Waals surface area contributed by atoms with E-state index < -0.39 is 26.6 Å². The molecule has 0 radical (unpaired) electrons. The molecule has 0 saturated carbocycles. The van der Waals surface area contributed by atoms with Crippen LogP contribution in [0.5, 0.6) is 0 Å². The molecule has 14 heteroatoms. The number of sulfonamides is 1. The van der Waals surface area contributed by atoms with Crippen LogP contribution in [0.15, 0.2) is 0 Å². The second-order valence-electron chi connectivity index (χ2n) is 9.49. The SMILES string of the molecule is CN(c1nc(Cl)c(F)c2nc(Cl)nc(N3CC4CCC(C3)N4C(=O)OC(C)(C)C)c12)S(C)(=O)=O. The zero-order valence-electron chi connectivity index (χ0n) is 19.3. The van der Waals surface area contributed by atoms with Gasteiger partial charge >= 0.3 is 6.09 Å². The van der Waals surface area contributed by atoms with Crippen LogP contribution in [-0.2, 0) is 14.8 Å². The predicted octanol–water partition coefficient (Wildman–Crippen LogP) is 3.45. The zero-order valence-corrected chi connectivity index (χ0v) is 21.7. The normalized spacial score (nSPS) is 20.7. The summed E-state index contributed by atoms with van der Waals surface area (Å²) in [6.07, 6.45) is 2.12. The molecular formula is C20H25Cl2FN6O4S. The summed E-state index contributed by atoms with van der Waals surface area (Å²) in [7, 11) is -2.48. The summed E-state index contributed by atoms with van der Waals surface area (Å²) < 4.78 is 46.0. The zero-order chi connectivity index (χ0) is 25.2. The average Bonchev–Trinajstić information content (AvgIpc) is 2.97. The van der Waals surface area contributed by atoms with Gasteiger partial charge in [0, 0.05) is 20.1 Å². The number of amides is 1. The highest BCUT2D eigenvalue weighted by Crippen LogP contribution is 2.40. The van der Waals surface area contributed by atoms with E-state index in [0.29, 0.717) is 13.1 Å². The van der Waals surface area contributed by atoms with Crippen LogP contribution in [0.3, 0.4) is 0 Å². The number of anilines is 2. The third-order valence-electron chi connectivity index (χ3n) is 5.86. The van der Waals surface area contributed by atoms with Gasteiger partial charge in [0.2, 0.25) is 15.3 Å². The molecule has 0 N–H and O–H groups in total. The predicted molar refractivity (Wildman–Crippen MR) is 128 cm³/mol. The number of pyridine rings is 1. The molecule has 2 aromatic rings. The molecule has 2 aliphatic rings. The molecule has 4 rings (SSSR count). The van der Waals surface area contributed by atoms with Crippen LogP contribution in [0.25, 0.3) is 10.9 Å². The van der Waals surface area contributed by atoms with Gasteiger partial charge in [0.1, 0.15) is 16.9 Å². The fourth-order valence-corrected chi connectivity index (χ4v) is 5.17. The van der Waals surface area contributed by atoms with Crippen molar-refractivity contribution in [3.05, 3.63) is 16.3 Å². The fraction of sp³-hybridized carbons (Fsp3) is 0.600. The minimum atomic E-state index is -3.77. The first-order chi connectivity index (χ1) is 15.7. The number of hydrogen-bond donors (Lipinski definition) is 0. The Bertz CT molecular complexity index is 1260. The van der Waals surface area contributed by atoms with Crippen molar-refractivity contribution in [1.82, 2.24) is 19.9 Å². The topological polar surface area (TPSA) is 109 Å². The molecule has 0 aromatic carbocycles. The highest BCUT2D eigenvalue weighted by atomic mass is 35.5. The van der Waals surface area contributed by atoms with Gasteiger partial charge in [-0.3, -0.25) is 9.21 Å². The van der Waals surface area contributed by atoms with Gasteiger partial charge in [0.05, 0.1) is 23.7 Å². The summed E-state index contributed by atoms with van der Waals surface area (Å²) in [5, 5.41) is -0.684. The highest BCUT2D eigenvalue weighted by molar-refractivity contribution is 7.92. The Morgan fingerprint density at radius 1 is 1.15 bits per heavy atom. The van der Waals surface area contributed by atoms with Crippen molar-refractivity contribution in [2.24, 2.45) is 0 Å². The number of fused-ring (bicyclic) bond motifs is 3. The van der Waals surface area contributed by atoms with Crippen LogP contribution in [0.1, 0.15) is 33.6 Å². The third kappa shape index (κ3) is 4.55. The van der Waals surface area contributed by atoms with Crippen molar-refractivity contribution in [2.45, 2.75) is 51.3 Å². The molecule has 2 fully saturated rings. The Balaban J connectivity index is 1.80. The maximum atomic E-state index is 15.0. The summed E-state index contributed by atoms with van der Waals surface area (Å²) in [4.78, 5) is 28.7. The molecule has 34 heavy (non-hydrogen) atoms. The van der Waals surface area contributed by atoms with E-state index in [1.54, 1.807) is 4.90 Å². The van der Waals surface area contributed by atoms with Gasteiger partial charge in [-0.25, -0.2) is 27.6 Å². The first-order valence-electron chi connectivity index (χ1n) is 10.6. The van der Waals surface area contributed by atoms with E-state index in [0.717, 1.165) is 23.4 Å². The van der Waals surface area contributed by atoms with Gasteiger partial charge in [-0.05, 0) is 45.2 Å². The lowest BCUT2D eigenvalue weighted by Gasteiger charge is -2.42. The van der Waals surface area contributed by atoms with E-state index in [1.807, 2.05) is 25.7 Å². The van der Waals surface area contributed by atoms with Crippen molar-refractivity contribution in [2.75, 3.05) is 35.6 Å². The summed E-state index contributed by atoms with van der Waals surface area (Å²) in [5.74, 6) is -0.815. The number of nitrogens with zero attached hydrogens (tertiary/aromatic N) is 6. The van der Waals surface area contributed by atoms with Crippen LogP contribution in [0, 0.1) is 5.82 Å². The molecule has 2 saturated heterocycles. The average molecular weight is 535 g/mol. The first-order valence-corrected chi connectivity index (χ1v) is 13.2. The lowest BCUT2D eigenvalue weighted by atomic mass is 10.1. The maximum Gasteiger partial charge on any atom is 0.410 e. The Labute approximate surface area is 207 Å². The number of ether oxygens (including phenoxy) is 1. The van der Waals surface area contributed by atoms with Gasteiger partial charge in [-0.15, -0.1) is 0 Å². The highest BCUT2D eigenvalue weighted by Gasteiger charge is 2.45. The molecule has 186 valence electrons. The number of carbonyl (C=O) groups excluding carboxylic acids is 1. The number of hydrogen-bond acceptors (Lipinski definition) is 8. The van der Waals surface area contributed by atoms with E-state index >= 15 is 0 Å². The maximum absolute atomic E-state index is 15.0. The van der Waals surface area contributed by atoms with E-state index in [-0.39, 0.29) is 46.0 Å². The molecule has 1 amide bonds. The minimum absolute atomic E-state index is 0.0735. The van der Waals surface area contributed by atoms with E-state index in [9.17, 15) is 17.6 Å². The molecule has 10 nitrogen and oxygen atoms in total. The summed E-state index contributed by atoms with van der Waals surface area (Å²) >= 11 is 12.1. The van der Waals surface area contributed by atoms with Gasteiger partial charge in [0.15, 0.2) is 16.8 Å². The first kappa shape index (κ1) is 24.9. The summed E-state index contributed by atoms with van der Waals surface area (Å²) in [6.45, 7) is 6.16. The standard InChI is InChI=1S/C20H25Cl2FN6O4S/c1-20(2,3)33-19(30)29-10-6-7-11(29)9-28(8-10)17-12-14(24-18(22)26-17)13(23)15(21)25-16(12)27(4)34(5,31)32/h10-11H,6-9H2,1-5H3. The van der Waals surface area contributed by atoms with Gasteiger partial charge in [0.25, 0.3) is 0 Å². The second-order valence-corrected chi connectivity index (χ2v) is 12.2. The van der Waals surface area contributed by atoms with Crippen LogP contribution < -0.4 is 9.21 Å². The quantitative estimate of drug-likeness (QED) is 0.435. The number of carbonyl (C=O) groups is 1. The molecule has 2 aromatic heterocycles. The van der Waals surface area contributed by atoms with E-state index in [2.05, 4.69) is 15.0 Å². The molecule has 4 heterocycles. The number of halogens is 3. The monoisotopic (exact) mass is 534 g/mol. The molecular weight excluding hydrogens is 510 g/mol. The number of rotatable bonds is 3. The van der Waals surface area contributed by atoms with Crippen LogP contribution >= 0.6 is 23.2 Å². The molecule has 2 aliphatic heterocycles. The van der Waals surface area contributed by atoms with Gasteiger partial charge in [-0.1, -0.05) is 11.6 Å².